The molecule has 2 aliphatic rings. The number of carbonyl (C=O) groups is 4. The first-order chi connectivity index (χ1) is 11.4. The predicted octanol–water partition coefficient (Wildman–Crippen LogP) is 0.580. The fourth-order valence-electron chi connectivity index (χ4n) is 3.63. The van der Waals surface area contributed by atoms with E-state index in [0.29, 0.717) is 6.42 Å². The van der Waals surface area contributed by atoms with Crippen LogP contribution in [0.4, 0.5) is 4.79 Å². The summed E-state index contributed by atoms with van der Waals surface area (Å²) in [7, 11) is 0. The summed E-state index contributed by atoms with van der Waals surface area (Å²) in [4.78, 5) is 47.1. The summed E-state index contributed by atoms with van der Waals surface area (Å²) in [5.41, 5.74) is -2.33. The average molecular weight is 356 g/mol. The smallest absolute Gasteiger partial charge is 0.408 e. The Bertz CT molecular complexity index is 612. The molecule has 0 heterocycles. The van der Waals surface area contributed by atoms with E-state index in [1.165, 1.54) is 6.92 Å². The van der Waals surface area contributed by atoms with Gasteiger partial charge in [-0.2, -0.15) is 0 Å². The summed E-state index contributed by atoms with van der Waals surface area (Å²) >= 11 is 0. The molecule has 0 aromatic rings. The number of alkyl carbamates (subject to hydrolysis) is 1. The maximum absolute atomic E-state index is 12.4. The maximum atomic E-state index is 12.4. The fourth-order valence-corrected chi connectivity index (χ4v) is 3.63. The number of hydrogen-bond acceptors (Lipinski definition) is 5. The first kappa shape index (κ1) is 19.0. The van der Waals surface area contributed by atoms with Gasteiger partial charge < -0.3 is 25.6 Å². The summed E-state index contributed by atoms with van der Waals surface area (Å²) in [5.74, 6) is -4.59. The van der Waals surface area contributed by atoms with Crippen LogP contribution in [0.2, 0.25) is 0 Å². The van der Waals surface area contributed by atoms with Gasteiger partial charge in [0.1, 0.15) is 17.2 Å². The largest absolute Gasteiger partial charge is 0.481 e. The normalized spacial score (nSPS) is 31.4. The molecule has 2 aliphatic carbocycles. The van der Waals surface area contributed by atoms with Crippen LogP contribution in [-0.4, -0.2) is 51.3 Å². The minimum Gasteiger partial charge on any atom is -0.481 e. The molecule has 9 nitrogen and oxygen atoms in total. The Kier molecular flexibility index (Phi) is 4.71. The summed E-state index contributed by atoms with van der Waals surface area (Å²) in [6.07, 6.45) is -0.187. The van der Waals surface area contributed by atoms with Crippen LogP contribution in [0, 0.1) is 17.8 Å². The molecule has 2 amide bonds. The van der Waals surface area contributed by atoms with Gasteiger partial charge in [-0.15, -0.1) is 0 Å². The highest BCUT2D eigenvalue weighted by atomic mass is 16.6. The number of carboxylic acids is 2. The van der Waals surface area contributed by atoms with Crippen molar-refractivity contribution in [2.45, 2.75) is 57.7 Å². The number of fused-ring (bicyclic) bond motifs is 1. The number of ether oxygens (including phenoxy) is 1. The van der Waals surface area contributed by atoms with E-state index >= 15 is 0 Å². The first-order valence-corrected chi connectivity index (χ1v) is 8.17. The van der Waals surface area contributed by atoms with Crippen molar-refractivity contribution in [2.24, 2.45) is 17.8 Å². The predicted molar refractivity (Wildman–Crippen MR) is 84.7 cm³/mol. The molecule has 0 aromatic carbocycles. The minimum absolute atomic E-state index is 0.173. The van der Waals surface area contributed by atoms with E-state index in [1.54, 1.807) is 20.8 Å². The lowest BCUT2D eigenvalue weighted by atomic mass is 9.90. The van der Waals surface area contributed by atoms with Gasteiger partial charge in [-0.3, -0.25) is 9.59 Å². The van der Waals surface area contributed by atoms with E-state index in [-0.39, 0.29) is 12.3 Å². The second-order valence-electron chi connectivity index (χ2n) is 7.73. The van der Waals surface area contributed by atoms with Crippen molar-refractivity contribution >= 4 is 23.9 Å². The number of rotatable bonds is 5. The van der Waals surface area contributed by atoms with Crippen LogP contribution in [-0.2, 0) is 19.1 Å². The summed E-state index contributed by atoms with van der Waals surface area (Å²) in [6, 6.07) is -1.02. The molecule has 0 saturated heterocycles. The van der Waals surface area contributed by atoms with Gasteiger partial charge in [0.2, 0.25) is 5.91 Å². The van der Waals surface area contributed by atoms with E-state index in [2.05, 4.69) is 10.6 Å². The third-order valence-corrected chi connectivity index (χ3v) is 4.75. The molecule has 5 atom stereocenters. The van der Waals surface area contributed by atoms with Crippen molar-refractivity contribution in [1.29, 1.82) is 0 Å². The number of nitrogens with one attached hydrogen (secondary N) is 2. The second kappa shape index (κ2) is 6.20. The van der Waals surface area contributed by atoms with E-state index < -0.39 is 53.0 Å². The number of carboxylic acid groups (broad SMARTS) is 2. The Morgan fingerprint density at radius 2 is 1.80 bits per heavy atom. The Morgan fingerprint density at radius 3 is 2.24 bits per heavy atom. The molecule has 0 aromatic heterocycles. The van der Waals surface area contributed by atoms with Gasteiger partial charge in [0, 0.05) is 5.92 Å². The topological polar surface area (TPSA) is 142 Å². The van der Waals surface area contributed by atoms with Crippen LogP contribution in [0.1, 0.15) is 40.5 Å². The molecule has 1 unspecified atom stereocenters. The molecule has 9 heteroatoms. The van der Waals surface area contributed by atoms with Gasteiger partial charge in [0.05, 0.1) is 5.92 Å². The van der Waals surface area contributed by atoms with Gasteiger partial charge in [-0.25, -0.2) is 9.59 Å². The fraction of sp³-hybridized carbons (Fsp3) is 0.750. The first-order valence-electron chi connectivity index (χ1n) is 8.17. The van der Waals surface area contributed by atoms with E-state index in [9.17, 15) is 24.3 Å². The highest BCUT2D eigenvalue weighted by Crippen LogP contribution is 2.62. The van der Waals surface area contributed by atoms with Crippen molar-refractivity contribution in [3.05, 3.63) is 0 Å². The SMILES string of the molecule is CC(NC(=O)OC(C)(C)C)C(=O)N[C@@]1(C(=O)O)CC[C@H]2[C@H](C(=O)O)[C@H]21. The number of aliphatic carboxylic acids is 2. The molecule has 25 heavy (non-hydrogen) atoms. The molecule has 2 rings (SSSR count). The van der Waals surface area contributed by atoms with Crippen LogP contribution >= 0.6 is 0 Å². The number of hydrogen-bond donors (Lipinski definition) is 4. The van der Waals surface area contributed by atoms with Gasteiger partial charge >= 0.3 is 18.0 Å². The highest BCUT2D eigenvalue weighted by molar-refractivity contribution is 5.93. The highest BCUT2D eigenvalue weighted by Gasteiger charge is 2.72. The molecule has 4 N–H and O–H groups in total. The third-order valence-electron chi connectivity index (χ3n) is 4.75. The minimum atomic E-state index is -1.60. The van der Waals surface area contributed by atoms with Crippen LogP contribution in [0.5, 0.6) is 0 Å². The summed E-state index contributed by atoms with van der Waals surface area (Å²) in [5, 5.41) is 23.6. The number of amides is 2. The standard InChI is InChI=1S/C16H24N2O7/c1-7(17-14(24)25-15(2,3)4)11(19)18-16(13(22)23)6-5-8-9(10(8)16)12(20)21/h7-10H,5-6H2,1-4H3,(H,17,24)(H,18,19)(H,20,21)(H,22,23)/t7?,8-,9-,10-,16-/m0/s1. The Morgan fingerprint density at radius 1 is 1.20 bits per heavy atom. The molecular weight excluding hydrogens is 332 g/mol. The van der Waals surface area contributed by atoms with Crippen LogP contribution < -0.4 is 10.6 Å². The monoisotopic (exact) mass is 356 g/mol. The lowest BCUT2D eigenvalue weighted by molar-refractivity contribution is -0.150. The zero-order valence-corrected chi connectivity index (χ0v) is 14.7. The summed E-state index contributed by atoms with van der Waals surface area (Å²) in [6.45, 7) is 6.43. The molecule has 2 saturated carbocycles. The van der Waals surface area contributed by atoms with Crippen molar-refractivity contribution in [3.8, 4) is 0 Å². The Hall–Kier alpha value is -2.32. The van der Waals surface area contributed by atoms with Crippen molar-refractivity contribution in [1.82, 2.24) is 10.6 Å². The lowest BCUT2D eigenvalue weighted by Crippen LogP contribution is -2.60. The molecule has 140 valence electrons. The molecule has 0 bridgehead atoms. The van der Waals surface area contributed by atoms with E-state index in [0.717, 1.165) is 0 Å². The van der Waals surface area contributed by atoms with Crippen molar-refractivity contribution in [2.75, 3.05) is 0 Å². The van der Waals surface area contributed by atoms with Gasteiger partial charge in [-0.05, 0) is 46.5 Å². The quantitative estimate of drug-likeness (QED) is 0.564. The second-order valence-corrected chi connectivity index (χ2v) is 7.73. The average Bonchev–Trinajstić information content (AvgIpc) is 3.06. The lowest BCUT2D eigenvalue weighted by Gasteiger charge is -2.30. The van der Waals surface area contributed by atoms with Gasteiger partial charge in [0.15, 0.2) is 0 Å². The third kappa shape index (κ3) is 3.69. The maximum Gasteiger partial charge on any atom is 0.408 e. The summed E-state index contributed by atoms with van der Waals surface area (Å²) < 4.78 is 5.05. The molecular formula is C16H24N2O7. The van der Waals surface area contributed by atoms with Crippen molar-refractivity contribution < 1.29 is 34.1 Å². The zero-order chi connectivity index (χ0) is 19.2. The molecule has 2 fully saturated rings. The molecule has 0 radical (unpaired) electrons. The van der Waals surface area contributed by atoms with E-state index in [1.807, 2.05) is 0 Å². The van der Waals surface area contributed by atoms with Crippen LogP contribution in [0.15, 0.2) is 0 Å². The molecule has 0 spiro atoms. The van der Waals surface area contributed by atoms with Gasteiger partial charge in [-0.1, -0.05) is 0 Å². The Balaban J connectivity index is 2.03. The van der Waals surface area contributed by atoms with Crippen molar-refractivity contribution in [3.63, 3.8) is 0 Å². The van der Waals surface area contributed by atoms with Gasteiger partial charge in [0.25, 0.3) is 0 Å². The Labute approximate surface area is 145 Å². The van der Waals surface area contributed by atoms with Crippen LogP contribution in [0.25, 0.3) is 0 Å². The van der Waals surface area contributed by atoms with E-state index in [4.69, 9.17) is 9.84 Å². The zero-order valence-electron chi connectivity index (χ0n) is 14.7. The van der Waals surface area contributed by atoms with Crippen LogP contribution in [0.3, 0.4) is 0 Å². The molecule has 0 aliphatic heterocycles. The number of carbonyl (C=O) groups excluding carboxylic acids is 2.